The highest BCUT2D eigenvalue weighted by Gasteiger charge is 2.07. The lowest BCUT2D eigenvalue weighted by Crippen LogP contribution is -2.00. The van der Waals surface area contributed by atoms with Crippen molar-refractivity contribution in [3.05, 3.63) is 62.8 Å². The fourth-order valence-electron chi connectivity index (χ4n) is 1.54. The minimum absolute atomic E-state index is 0.293. The number of nitrogens with zero attached hydrogens (tertiary/aromatic N) is 1. The summed E-state index contributed by atoms with van der Waals surface area (Å²) in [7, 11) is 0. The van der Waals surface area contributed by atoms with E-state index < -0.39 is 0 Å². The Bertz CT molecular complexity index is 631. The fourth-order valence-corrected chi connectivity index (χ4v) is 2.45. The van der Waals surface area contributed by atoms with Crippen molar-refractivity contribution in [1.29, 1.82) is 0 Å². The lowest BCUT2D eigenvalue weighted by molar-refractivity contribution is 0.628. The topological polar surface area (TPSA) is 24.4 Å². The van der Waals surface area contributed by atoms with Gasteiger partial charge >= 0.3 is 0 Å². The van der Waals surface area contributed by atoms with Crippen molar-refractivity contribution in [2.75, 3.05) is 5.43 Å². The summed E-state index contributed by atoms with van der Waals surface area (Å²) in [5, 5.41) is 5.37. The molecule has 1 N–H and O–H groups in total. The van der Waals surface area contributed by atoms with E-state index in [1.165, 1.54) is 12.1 Å². The van der Waals surface area contributed by atoms with Gasteiger partial charge in [0.05, 0.1) is 21.4 Å². The predicted octanol–water partition coefficient (Wildman–Crippen LogP) is 5.62. The van der Waals surface area contributed by atoms with Crippen molar-refractivity contribution in [3.63, 3.8) is 0 Å². The first-order chi connectivity index (χ1) is 9.47. The summed E-state index contributed by atoms with van der Waals surface area (Å²) in [6.45, 7) is 1.79. The summed E-state index contributed by atoms with van der Waals surface area (Å²) in [5.41, 5.74) is 4.73. The maximum Gasteiger partial charge on any atom is 0.123 e. The van der Waals surface area contributed by atoms with Crippen molar-refractivity contribution in [2.45, 2.75) is 6.92 Å². The molecule has 0 aliphatic rings. The van der Waals surface area contributed by atoms with E-state index >= 15 is 0 Å². The van der Waals surface area contributed by atoms with Crippen LogP contribution in [0.4, 0.5) is 10.1 Å². The lowest BCUT2D eigenvalue weighted by Gasteiger charge is -2.08. The zero-order valence-corrected chi connectivity index (χ0v) is 12.7. The van der Waals surface area contributed by atoms with E-state index in [-0.39, 0.29) is 5.82 Å². The summed E-state index contributed by atoms with van der Waals surface area (Å²) >= 11 is 17.9. The third-order valence-electron chi connectivity index (χ3n) is 2.60. The zero-order valence-electron chi connectivity index (χ0n) is 10.4. The van der Waals surface area contributed by atoms with E-state index in [2.05, 4.69) is 10.5 Å². The Kier molecular flexibility index (Phi) is 4.86. The molecule has 0 unspecified atom stereocenters. The van der Waals surface area contributed by atoms with Crippen LogP contribution in [0.15, 0.2) is 41.5 Å². The second-order valence-electron chi connectivity index (χ2n) is 4.06. The highest BCUT2D eigenvalue weighted by Crippen LogP contribution is 2.33. The molecule has 0 aromatic heterocycles. The number of rotatable bonds is 3. The monoisotopic (exact) mass is 330 g/mol. The number of anilines is 1. The molecule has 0 amide bonds. The van der Waals surface area contributed by atoms with E-state index in [9.17, 15) is 4.39 Å². The predicted molar refractivity (Wildman–Crippen MR) is 83.7 cm³/mol. The van der Waals surface area contributed by atoms with Gasteiger partial charge < -0.3 is 0 Å². The van der Waals surface area contributed by atoms with Crippen molar-refractivity contribution in [3.8, 4) is 0 Å². The molecular weight excluding hydrogens is 322 g/mol. The quantitative estimate of drug-likeness (QED) is 0.572. The molecule has 0 heterocycles. The van der Waals surface area contributed by atoms with E-state index in [1.54, 1.807) is 31.2 Å². The third kappa shape index (κ3) is 3.63. The van der Waals surface area contributed by atoms with Crippen LogP contribution in [-0.2, 0) is 0 Å². The number of hydrogen-bond donors (Lipinski definition) is 1. The fraction of sp³-hybridized carbons (Fsp3) is 0.0714. The second kappa shape index (κ2) is 6.44. The molecule has 0 bridgehead atoms. The molecule has 2 aromatic rings. The van der Waals surface area contributed by atoms with E-state index in [0.717, 1.165) is 5.56 Å². The van der Waals surface area contributed by atoms with Gasteiger partial charge in [-0.15, -0.1) is 0 Å². The van der Waals surface area contributed by atoms with Crippen LogP contribution in [0.2, 0.25) is 15.1 Å². The van der Waals surface area contributed by atoms with Crippen molar-refractivity contribution in [1.82, 2.24) is 0 Å². The Morgan fingerprint density at radius 1 is 1.05 bits per heavy atom. The second-order valence-corrected chi connectivity index (χ2v) is 5.31. The molecule has 6 heteroatoms. The Morgan fingerprint density at radius 3 is 2.15 bits per heavy atom. The number of nitrogens with one attached hydrogen (secondary N) is 1. The summed E-state index contributed by atoms with van der Waals surface area (Å²) < 4.78 is 12.8. The molecule has 20 heavy (non-hydrogen) atoms. The Balaban J connectivity index is 2.23. The van der Waals surface area contributed by atoms with Gasteiger partial charge in [-0.25, -0.2) is 4.39 Å². The molecule has 0 fully saturated rings. The van der Waals surface area contributed by atoms with Gasteiger partial charge in [-0.3, -0.25) is 5.43 Å². The van der Waals surface area contributed by atoms with Crippen LogP contribution in [0, 0.1) is 5.82 Å². The van der Waals surface area contributed by atoms with Gasteiger partial charge in [-0.05, 0) is 36.8 Å². The first-order valence-electron chi connectivity index (χ1n) is 5.68. The number of halogens is 4. The van der Waals surface area contributed by atoms with Gasteiger partial charge in [-0.2, -0.15) is 5.10 Å². The SMILES string of the molecule is C/C(=N\Nc1c(Cl)cc(Cl)cc1Cl)c1ccc(F)cc1. The summed E-state index contributed by atoms with van der Waals surface area (Å²) in [4.78, 5) is 0. The van der Waals surface area contributed by atoms with Gasteiger partial charge in [0.25, 0.3) is 0 Å². The number of hydrazone groups is 1. The number of hydrogen-bond acceptors (Lipinski definition) is 2. The molecule has 0 atom stereocenters. The molecule has 0 saturated heterocycles. The van der Waals surface area contributed by atoms with Crippen LogP contribution in [0.5, 0.6) is 0 Å². The Labute approximate surface area is 131 Å². The first kappa shape index (κ1) is 15.1. The average Bonchev–Trinajstić information content (AvgIpc) is 2.38. The molecule has 0 aliphatic carbocycles. The average molecular weight is 332 g/mol. The normalized spacial score (nSPS) is 11.6. The smallest absolute Gasteiger partial charge is 0.123 e. The zero-order chi connectivity index (χ0) is 14.7. The minimum Gasteiger partial charge on any atom is -0.275 e. The molecule has 0 aliphatic heterocycles. The molecule has 0 spiro atoms. The summed E-state index contributed by atoms with van der Waals surface area (Å²) in [6, 6.07) is 9.16. The highest BCUT2D eigenvalue weighted by molar-refractivity contribution is 6.41. The van der Waals surface area contributed by atoms with Crippen molar-refractivity contribution in [2.24, 2.45) is 5.10 Å². The largest absolute Gasteiger partial charge is 0.275 e. The van der Waals surface area contributed by atoms with Gasteiger partial charge in [0.2, 0.25) is 0 Å². The Morgan fingerprint density at radius 2 is 1.60 bits per heavy atom. The van der Waals surface area contributed by atoms with Gasteiger partial charge in [0, 0.05) is 5.02 Å². The maximum absolute atomic E-state index is 12.8. The van der Waals surface area contributed by atoms with Crippen LogP contribution >= 0.6 is 34.8 Å². The molecule has 0 saturated carbocycles. The minimum atomic E-state index is -0.293. The molecule has 104 valence electrons. The van der Waals surface area contributed by atoms with E-state index in [0.29, 0.717) is 26.5 Å². The van der Waals surface area contributed by atoms with Crippen LogP contribution in [0.25, 0.3) is 0 Å². The summed E-state index contributed by atoms with van der Waals surface area (Å²) in [5.74, 6) is -0.293. The maximum atomic E-state index is 12.8. The van der Waals surface area contributed by atoms with Crippen LogP contribution in [0.1, 0.15) is 12.5 Å². The van der Waals surface area contributed by atoms with Crippen molar-refractivity contribution >= 4 is 46.2 Å². The van der Waals surface area contributed by atoms with Crippen LogP contribution in [0.3, 0.4) is 0 Å². The lowest BCUT2D eigenvalue weighted by atomic mass is 10.1. The first-order valence-corrected chi connectivity index (χ1v) is 6.81. The van der Waals surface area contributed by atoms with Crippen LogP contribution < -0.4 is 5.43 Å². The molecule has 2 aromatic carbocycles. The van der Waals surface area contributed by atoms with Gasteiger partial charge in [0.1, 0.15) is 5.82 Å². The highest BCUT2D eigenvalue weighted by atomic mass is 35.5. The number of benzene rings is 2. The van der Waals surface area contributed by atoms with Crippen molar-refractivity contribution < 1.29 is 4.39 Å². The van der Waals surface area contributed by atoms with Gasteiger partial charge in [-0.1, -0.05) is 46.9 Å². The molecular formula is C14H10Cl3FN2. The van der Waals surface area contributed by atoms with E-state index in [1.807, 2.05) is 0 Å². The van der Waals surface area contributed by atoms with Gasteiger partial charge in [0.15, 0.2) is 0 Å². The standard InChI is InChI=1S/C14H10Cl3FN2/c1-8(9-2-4-11(18)5-3-9)19-20-14-12(16)6-10(15)7-13(14)17/h2-7,20H,1H3/b19-8+. The molecule has 2 nitrogen and oxygen atoms in total. The molecule has 2 rings (SSSR count). The van der Waals surface area contributed by atoms with E-state index in [4.69, 9.17) is 34.8 Å². The Hall–Kier alpha value is -1.29. The third-order valence-corrected chi connectivity index (χ3v) is 3.42. The molecule has 0 radical (unpaired) electrons. The van der Waals surface area contributed by atoms with Crippen LogP contribution in [-0.4, -0.2) is 5.71 Å². The summed E-state index contributed by atoms with van der Waals surface area (Å²) in [6.07, 6.45) is 0.